The number of rotatable bonds is 1. The molecule has 14 heavy (non-hydrogen) atoms. The van der Waals surface area contributed by atoms with Crippen molar-refractivity contribution in [2.75, 3.05) is 11.5 Å². The third-order valence-corrected chi connectivity index (χ3v) is 2.48. The molecule has 1 rings (SSSR count). The average Bonchev–Trinajstić information content (AvgIpc) is 2.07. The number of hydrogen-bond donors (Lipinski definition) is 3. The van der Waals surface area contributed by atoms with Gasteiger partial charge in [-0.15, -0.1) is 0 Å². The molecule has 0 aromatic heterocycles. The summed E-state index contributed by atoms with van der Waals surface area (Å²) in [7, 11) is -4.44. The summed E-state index contributed by atoms with van der Waals surface area (Å²) in [6, 6.07) is 3.64. The Hall–Kier alpha value is -1.78. The molecule has 0 aliphatic heterocycles. The van der Waals surface area contributed by atoms with Crippen molar-refractivity contribution in [1.29, 1.82) is 5.26 Å². The fraction of sp³-hybridized carbons (Fsp3) is 0. The molecule has 0 radical (unpaired) electrons. The highest BCUT2D eigenvalue weighted by atomic mass is 32.2. The summed E-state index contributed by atoms with van der Waals surface area (Å²) in [5.74, 6) is 0. The third kappa shape index (κ3) is 1.76. The van der Waals surface area contributed by atoms with Crippen LogP contribution in [0.25, 0.3) is 0 Å². The van der Waals surface area contributed by atoms with Crippen molar-refractivity contribution in [2.24, 2.45) is 0 Å². The van der Waals surface area contributed by atoms with Crippen LogP contribution in [0.5, 0.6) is 0 Å². The van der Waals surface area contributed by atoms with Crippen LogP contribution in [-0.2, 0) is 10.1 Å². The second kappa shape index (κ2) is 3.17. The summed E-state index contributed by atoms with van der Waals surface area (Å²) >= 11 is 0. The van der Waals surface area contributed by atoms with Gasteiger partial charge in [0.2, 0.25) is 0 Å². The van der Waals surface area contributed by atoms with E-state index in [0.717, 1.165) is 12.1 Å². The molecule has 0 amide bonds. The van der Waals surface area contributed by atoms with Gasteiger partial charge < -0.3 is 11.5 Å². The van der Waals surface area contributed by atoms with E-state index in [2.05, 4.69) is 0 Å². The first-order valence-corrected chi connectivity index (χ1v) is 4.87. The van der Waals surface area contributed by atoms with Crippen molar-refractivity contribution >= 4 is 21.5 Å². The predicted molar refractivity (Wildman–Crippen MR) is 49.8 cm³/mol. The summed E-state index contributed by atoms with van der Waals surface area (Å²) in [6.45, 7) is 0. The van der Waals surface area contributed by atoms with E-state index in [1.54, 1.807) is 6.07 Å². The van der Waals surface area contributed by atoms with Crippen molar-refractivity contribution in [3.05, 3.63) is 17.7 Å². The molecule has 1 aromatic carbocycles. The fourth-order valence-corrected chi connectivity index (χ4v) is 1.57. The lowest BCUT2D eigenvalue weighted by Gasteiger charge is -2.04. The van der Waals surface area contributed by atoms with Gasteiger partial charge in [0.05, 0.1) is 16.9 Å². The first kappa shape index (κ1) is 10.3. The van der Waals surface area contributed by atoms with Crippen LogP contribution >= 0.6 is 0 Å². The minimum atomic E-state index is -4.44. The molecule has 0 saturated carbocycles. The van der Waals surface area contributed by atoms with E-state index in [-0.39, 0.29) is 16.9 Å². The van der Waals surface area contributed by atoms with Crippen LogP contribution in [0.1, 0.15) is 5.56 Å². The second-order valence-electron chi connectivity index (χ2n) is 2.56. The van der Waals surface area contributed by atoms with E-state index >= 15 is 0 Å². The Kier molecular flexibility index (Phi) is 2.33. The maximum Gasteiger partial charge on any atom is 0.295 e. The van der Waals surface area contributed by atoms with Crippen LogP contribution in [-0.4, -0.2) is 13.0 Å². The Balaban J connectivity index is 3.61. The summed E-state index contributed by atoms with van der Waals surface area (Å²) in [5.41, 5.74) is 10.5. The molecule has 0 unspecified atom stereocenters. The van der Waals surface area contributed by atoms with Gasteiger partial charge in [0.1, 0.15) is 11.0 Å². The lowest BCUT2D eigenvalue weighted by atomic mass is 10.2. The van der Waals surface area contributed by atoms with Crippen LogP contribution in [0.4, 0.5) is 11.4 Å². The first-order valence-electron chi connectivity index (χ1n) is 3.43. The maximum absolute atomic E-state index is 10.8. The highest BCUT2D eigenvalue weighted by Gasteiger charge is 2.17. The van der Waals surface area contributed by atoms with E-state index < -0.39 is 15.0 Å². The SMILES string of the molecule is N#Cc1cc(N)c(N)cc1S(=O)(=O)O. The highest BCUT2D eigenvalue weighted by Crippen LogP contribution is 2.23. The Morgan fingerprint density at radius 2 is 1.79 bits per heavy atom. The Morgan fingerprint density at radius 3 is 2.21 bits per heavy atom. The standard InChI is InChI=1S/C7H7N3O3S/c8-3-4-1-5(9)6(10)2-7(4)14(11,12)13/h1-2H,9-10H2,(H,11,12,13). The van der Waals surface area contributed by atoms with E-state index in [1.165, 1.54) is 0 Å². The summed E-state index contributed by atoms with van der Waals surface area (Å²) < 4.78 is 30.3. The normalized spacial score (nSPS) is 10.9. The highest BCUT2D eigenvalue weighted by molar-refractivity contribution is 7.85. The summed E-state index contributed by atoms with van der Waals surface area (Å²) in [4.78, 5) is -0.535. The number of nitriles is 1. The molecule has 0 atom stereocenters. The lowest BCUT2D eigenvalue weighted by Crippen LogP contribution is -2.04. The van der Waals surface area contributed by atoms with E-state index in [9.17, 15) is 8.42 Å². The molecular weight excluding hydrogens is 206 g/mol. The van der Waals surface area contributed by atoms with Crippen LogP contribution < -0.4 is 11.5 Å². The maximum atomic E-state index is 10.8. The average molecular weight is 213 g/mol. The van der Waals surface area contributed by atoms with E-state index in [4.69, 9.17) is 21.3 Å². The van der Waals surface area contributed by atoms with Gasteiger partial charge in [-0.25, -0.2) is 0 Å². The number of benzene rings is 1. The van der Waals surface area contributed by atoms with Gasteiger partial charge in [-0.1, -0.05) is 0 Å². The minimum Gasteiger partial charge on any atom is -0.397 e. The van der Waals surface area contributed by atoms with Gasteiger partial charge >= 0.3 is 0 Å². The number of hydrogen-bond acceptors (Lipinski definition) is 5. The first-order chi connectivity index (χ1) is 6.36. The molecule has 6 nitrogen and oxygen atoms in total. The van der Waals surface area contributed by atoms with Crippen molar-refractivity contribution in [1.82, 2.24) is 0 Å². The van der Waals surface area contributed by atoms with Crippen molar-refractivity contribution < 1.29 is 13.0 Å². The zero-order chi connectivity index (χ0) is 10.9. The predicted octanol–water partition coefficient (Wildman–Crippen LogP) is -0.0306. The lowest BCUT2D eigenvalue weighted by molar-refractivity contribution is 0.483. The zero-order valence-corrected chi connectivity index (χ0v) is 7.75. The second-order valence-corrected chi connectivity index (χ2v) is 3.95. The Labute approximate surface area is 80.5 Å². The quantitative estimate of drug-likeness (QED) is 0.443. The van der Waals surface area contributed by atoms with Gasteiger partial charge in [-0.05, 0) is 12.1 Å². The monoisotopic (exact) mass is 213 g/mol. The van der Waals surface area contributed by atoms with Crippen molar-refractivity contribution in [2.45, 2.75) is 4.90 Å². The summed E-state index contributed by atoms with van der Waals surface area (Å²) in [5, 5.41) is 8.58. The molecule has 0 bridgehead atoms. The number of nitrogens with zero attached hydrogens (tertiary/aromatic N) is 1. The van der Waals surface area contributed by atoms with Crippen LogP contribution in [0.3, 0.4) is 0 Å². The molecule has 5 N–H and O–H groups in total. The number of anilines is 2. The van der Waals surface area contributed by atoms with Gasteiger partial charge in [0, 0.05) is 0 Å². The molecule has 0 heterocycles. The summed E-state index contributed by atoms with van der Waals surface area (Å²) in [6.07, 6.45) is 0. The molecule has 0 aliphatic rings. The molecule has 0 fully saturated rings. The minimum absolute atomic E-state index is 0.00312. The Morgan fingerprint density at radius 1 is 1.29 bits per heavy atom. The van der Waals surface area contributed by atoms with Gasteiger partial charge in [0.25, 0.3) is 10.1 Å². The third-order valence-electron chi connectivity index (χ3n) is 1.58. The molecule has 7 heteroatoms. The molecule has 74 valence electrons. The van der Waals surface area contributed by atoms with Gasteiger partial charge in [-0.3, -0.25) is 4.55 Å². The fourth-order valence-electron chi connectivity index (χ4n) is 0.913. The molecule has 1 aromatic rings. The topological polar surface area (TPSA) is 130 Å². The number of nitrogen functional groups attached to an aromatic ring is 2. The van der Waals surface area contributed by atoms with Crippen molar-refractivity contribution in [3.8, 4) is 6.07 Å². The Bertz CT molecular complexity index is 516. The van der Waals surface area contributed by atoms with Crippen LogP contribution in [0.15, 0.2) is 17.0 Å². The van der Waals surface area contributed by atoms with Crippen LogP contribution in [0, 0.1) is 11.3 Å². The van der Waals surface area contributed by atoms with Crippen molar-refractivity contribution in [3.63, 3.8) is 0 Å². The van der Waals surface area contributed by atoms with Gasteiger partial charge in [0.15, 0.2) is 0 Å². The molecular formula is C7H7N3O3S. The van der Waals surface area contributed by atoms with E-state index in [0.29, 0.717) is 0 Å². The largest absolute Gasteiger partial charge is 0.397 e. The molecule has 0 spiro atoms. The van der Waals surface area contributed by atoms with Crippen LogP contribution in [0.2, 0.25) is 0 Å². The zero-order valence-electron chi connectivity index (χ0n) is 6.93. The molecule has 0 aliphatic carbocycles. The smallest absolute Gasteiger partial charge is 0.295 e. The van der Waals surface area contributed by atoms with E-state index in [1.807, 2.05) is 0 Å². The number of nitrogens with two attached hydrogens (primary N) is 2. The molecule has 0 saturated heterocycles. The van der Waals surface area contributed by atoms with Gasteiger partial charge in [-0.2, -0.15) is 13.7 Å².